The Morgan fingerprint density at radius 1 is 1.45 bits per heavy atom. The van der Waals surface area contributed by atoms with Gasteiger partial charge in [0.2, 0.25) is 0 Å². The van der Waals surface area contributed by atoms with Crippen molar-refractivity contribution in [3.8, 4) is 0 Å². The van der Waals surface area contributed by atoms with E-state index in [0.29, 0.717) is 5.75 Å². The van der Waals surface area contributed by atoms with E-state index >= 15 is 0 Å². The van der Waals surface area contributed by atoms with Gasteiger partial charge in [0.1, 0.15) is 0 Å². The number of hydrogen-bond donors (Lipinski definition) is 1. The summed E-state index contributed by atoms with van der Waals surface area (Å²) in [7, 11) is 2.03. The number of para-hydroxylation sites is 1. The number of nitrogens with zero attached hydrogens (tertiary/aromatic N) is 2. The Hall–Kier alpha value is -1.75. The van der Waals surface area contributed by atoms with Crippen molar-refractivity contribution >= 4 is 28.4 Å². The molecule has 0 amide bonds. The van der Waals surface area contributed by atoms with E-state index < -0.39 is 0 Å². The average Bonchev–Trinajstić information content (AvgIpc) is 3.08. The van der Waals surface area contributed by atoms with Crippen LogP contribution in [-0.2, 0) is 10.2 Å². The van der Waals surface area contributed by atoms with E-state index in [4.69, 9.17) is 0 Å². The Morgan fingerprint density at radius 2 is 2.23 bits per heavy atom. The molecule has 0 aromatic heterocycles. The maximum atomic E-state index is 12.3. The van der Waals surface area contributed by atoms with Gasteiger partial charge in [-0.3, -0.25) is 9.79 Å². The summed E-state index contributed by atoms with van der Waals surface area (Å²) >= 11 is 1.49. The van der Waals surface area contributed by atoms with Crippen LogP contribution in [0.3, 0.4) is 0 Å². The van der Waals surface area contributed by atoms with Crippen molar-refractivity contribution in [2.75, 3.05) is 30.8 Å². The molecule has 2 aliphatic heterocycles. The summed E-state index contributed by atoms with van der Waals surface area (Å²) in [5.74, 6) is 0.555. The second kappa shape index (κ2) is 5.80. The number of ketones is 1. The maximum absolute atomic E-state index is 12.3. The first kappa shape index (κ1) is 15.2. The van der Waals surface area contributed by atoms with E-state index in [1.165, 1.54) is 23.0 Å². The number of fused-ring (bicyclic) bond motifs is 1. The summed E-state index contributed by atoms with van der Waals surface area (Å²) in [5.41, 5.74) is 3.36. The lowest BCUT2D eigenvalue weighted by atomic mass is 9.83. The van der Waals surface area contributed by atoms with Gasteiger partial charge >= 0.3 is 0 Å². The molecular formula is C17H21N3OS. The minimum absolute atomic E-state index is 0.129. The molecular weight excluding hydrogens is 294 g/mol. The summed E-state index contributed by atoms with van der Waals surface area (Å²) < 4.78 is 0. The normalized spacial score (nSPS) is 20.8. The van der Waals surface area contributed by atoms with Crippen LogP contribution in [0.2, 0.25) is 0 Å². The number of carbonyl (C=O) groups is 1. The maximum Gasteiger partial charge on any atom is 0.167 e. The van der Waals surface area contributed by atoms with Gasteiger partial charge in [-0.15, -0.1) is 0 Å². The van der Waals surface area contributed by atoms with Crippen LogP contribution in [0, 0.1) is 0 Å². The largest absolute Gasteiger partial charge is 0.363 e. The number of amidine groups is 1. The first-order valence-electron chi connectivity index (χ1n) is 7.49. The Bertz CT molecular complexity index is 664. The third-order valence-corrected chi connectivity index (χ3v) is 5.21. The van der Waals surface area contributed by atoms with Gasteiger partial charge in [-0.25, -0.2) is 0 Å². The number of anilines is 1. The smallest absolute Gasteiger partial charge is 0.167 e. The molecule has 5 heteroatoms. The Labute approximate surface area is 135 Å². The van der Waals surface area contributed by atoms with Crippen LogP contribution in [0.5, 0.6) is 0 Å². The molecule has 22 heavy (non-hydrogen) atoms. The van der Waals surface area contributed by atoms with E-state index in [9.17, 15) is 4.79 Å². The number of benzene rings is 1. The Kier molecular flexibility index (Phi) is 4.00. The molecule has 0 saturated heterocycles. The van der Waals surface area contributed by atoms with Gasteiger partial charge in [-0.1, -0.05) is 43.8 Å². The predicted octanol–water partition coefficient (Wildman–Crippen LogP) is 2.56. The summed E-state index contributed by atoms with van der Waals surface area (Å²) in [6, 6.07) is 8.34. The highest BCUT2D eigenvalue weighted by molar-refractivity contribution is 8.14. The molecule has 0 radical (unpaired) electrons. The van der Waals surface area contributed by atoms with Crippen molar-refractivity contribution in [3.05, 3.63) is 41.6 Å². The molecule has 116 valence electrons. The van der Waals surface area contributed by atoms with Crippen LogP contribution in [0.15, 0.2) is 41.0 Å². The SMILES string of the molecule is CN1/C(=C\C(=O)CSC2=NCCN2)C(C)(C)c2ccccc21. The zero-order valence-electron chi connectivity index (χ0n) is 13.2. The summed E-state index contributed by atoms with van der Waals surface area (Å²) in [6.07, 6.45) is 1.79. The van der Waals surface area contributed by atoms with Gasteiger partial charge in [0.25, 0.3) is 0 Å². The third kappa shape index (κ3) is 2.65. The standard InChI is InChI=1S/C17H21N3OS/c1-17(2)13-6-4-5-7-14(13)20(3)15(17)10-12(21)11-22-16-18-8-9-19-16/h4-7,10H,8-9,11H2,1-3H3,(H,18,19)/b15-10-. The quantitative estimate of drug-likeness (QED) is 0.871. The lowest BCUT2D eigenvalue weighted by molar-refractivity contribution is -0.112. The van der Waals surface area contributed by atoms with Crippen molar-refractivity contribution in [2.45, 2.75) is 19.3 Å². The topological polar surface area (TPSA) is 44.7 Å². The lowest BCUT2D eigenvalue weighted by Gasteiger charge is -2.23. The average molecular weight is 315 g/mol. The number of rotatable bonds is 3. The fourth-order valence-electron chi connectivity index (χ4n) is 3.07. The number of nitrogens with one attached hydrogen (secondary N) is 1. The van der Waals surface area contributed by atoms with E-state index in [2.05, 4.69) is 47.3 Å². The number of carbonyl (C=O) groups excluding carboxylic acids is 1. The minimum atomic E-state index is -0.144. The molecule has 0 fully saturated rings. The van der Waals surface area contributed by atoms with Crippen molar-refractivity contribution < 1.29 is 4.79 Å². The highest BCUT2D eigenvalue weighted by Crippen LogP contribution is 2.46. The highest BCUT2D eigenvalue weighted by Gasteiger charge is 2.38. The Balaban J connectivity index is 1.77. The van der Waals surface area contributed by atoms with E-state index in [1.807, 2.05) is 13.1 Å². The van der Waals surface area contributed by atoms with Gasteiger partial charge in [-0.05, 0) is 11.6 Å². The number of likely N-dealkylation sites (N-methyl/N-ethyl adjacent to an activating group) is 1. The third-order valence-electron chi connectivity index (χ3n) is 4.23. The molecule has 2 heterocycles. The molecule has 1 aromatic carbocycles. The van der Waals surface area contributed by atoms with Crippen molar-refractivity contribution in [1.29, 1.82) is 0 Å². The first-order chi connectivity index (χ1) is 10.5. The van der Waals surface area contributed by atoms with Crippen molar-refractivity contribution in [2.24, 2.45) is 4.99 Å². The van der Waals surface area contributed by atoms with Gasteiger partial charge in [0.05, 0.1) is 12.3 Å². The van der Waals surface area contributed by atoms with Crippen LogP contribution in [-0.4, -0.2) is 36.8 Å². The molecule has 2 aliphatic rings. The molecule has 0 spiro atoms. The molecule has 0 aliphatic carbocycles. The predicted molar refractivity (Wildman–Crippen MR) is 93.7 cm³/mol. The summed E-state index contributed by atoms with van der Waals surface area (Å²) in [4.78, 5) is 18.8. The van der Waals surface area contributed by atoms with Crippen LogP contribution in [0.25, 0.3) is 0 Å². The molecule has 0 unspecified atom stereocenters. The number of thioether (sulfide) groups is 1. The van der Waals surface area contributed by atoms with Crippen LogP contribution < -0.4 is 10.2 Å². The molecule has 3 rings (SSSR count). The van der Waals surface area contributed by atoms with Gasteiger partial charge < -0.3 is 10.2 Å². The van der Waals surface area contributed by atoms with E-state index in [1.54, 1.807) is 6.08 Å². The molecule has 4 nitrogen and oxygen atoms in total. The fraction of sp³-hybridized carbons (Fsp3) is 0.412. The second-order valence-electron chi connectivity index (χ2n) is 6.10. The van der Waals surface area contributed by atoms with Crippen molar-refractivity contribution in [3.63, 3.8) is 0 Å². The molecule has 0 saturated carbocycles. The monoisotopic (exact) mass is 315 g/mol. The Morgan fingerprint density at radius 3 is 2.91 bits per heavy atom. The zero-order chi connectivity index (χ0) is 15.7. The van der Waals surface area contributed by atoms with Gasteiger partial charge in [-0.2, -0.15) is 0 Å². The lowest BCUT2D eigenvalue weighted by Crippen LogP contribution is -2.24. The van der Waals surface area contributed by atoms with E-state index in [-0.39, 0.29) is 11.2 Å². The van der Waals surface area contributed by atoms with Gasteiger partial charge in [0, 0.05) is 36.5 Å². The second-order valence-corrected chi connectivity index (χ2v) is 7.06. The minimum Gasteiger partial charge on any atom is -0.363 e. The highest BCUT2D eigenvalue weighted by atomic mass is 32.2. The van der Waals surface area contributed by atoms with Gasteiger partial charge in [0.15, 0.2) is 11.0 Å². The number of aliphatic imine (C=N–C) groups is 1. The number of hydrogen-bond acceptors (Lipinski definition) is 5. The fourth-order valence-corrected chi connectivity index (χ4v) is 3.81. The van der Waals surface area contributed by atoms with Crippen LogP contribution in [0.4, 0.5) is 5.69 Å². The van der Waals surface area contributed by atoms with Crippen molar-refractivity contribution in [1.82, 2.24) is 5.32 Å². The molecule has 1 N–H and O–H groups in total. The molecule has 0 atom stereocenters. The first-order valence-corrected chi connectivity index (χ1v) is 8.48. The molecule has 1 aromatic rings. The molecule has 0 bridgehead atoms. The number of allylic oxidation sites excluding steroid dienone is 2. The van der Waals surface area contributed by atoms with Crippen LogP contribution >= 0.6 is 11.8 Å². The van der Waals surface area contributed by atoms with Crippen LogP contribution in [0.1, 0.15) is 19.4 Å². The summed E-state index contributed by atoms with van der Waals surface area (Å²) in [5, 5.41) is 4.06. The van der Waals surface area contributed by atoms with E-state index in [0.717, 1.165) is 24.0 Å². The zero-order valence-corrected chi connectivity index (χ0v) is 14.0. The summed E-state index contributed by atoms with van der Waals surface area (Å²) in [6.45, 7) is 6.03.